The third-order valence-electron chi connectivity index (χ3n) is 5.24. The number of nitrogens with two attached hydrogens (primary N) is 1. The number of carbonyl (C=O) groups is 2. The lowest BCUT2D eigenvalue weighted by Gasteiger charge is -2.34. The molecule has 2 heterocycles. The molecule has 0 aromatic heterocycles. The van der Waals surface area contributed by atoms with Crippen LogP contribution in [0.25, 0.3) is 0 Å². The van der Waals surface area contributed by atoms with Gasteiger partial charge >= 0.3 is 0 Å². The molecule has 2 aliphatic heterocycles. The molecule has 2 saturated heterocycles. The van der Waals surface area contributed by atoms with Gasteiger partial charge in [-0.2, -0.15) is 4.72 Å². The molecule has 0 saturated carbocycles. The van der Waals surface area contributed by atoms with Crippen LogP contribution in [0.15, 0.2) is 23.1 Å². The highest BCUT2D eigenvalue weighted by molar-refractivity contribution is 7.89. The topological polar surface area (TPSA) is 116 Å². The molecule has 1 aromatic rings. The molecular formula is C18H26FN5O4S. The van der Waals surface area contributed by atoms with E-state index in [1.807, 2.05) is 7.05 Å². The number of rotatable bonds is 6. The van der Waals surface area contributed by atoms with E-state index in [4.69, 9.17) is 5.73 Å². The van der Waals surface area contributed by atoms with Crippen LogP contribution < -0.4 is 15.4 Å². The van der Waals surface area contributed by atoms with Crippen molar-refractivity contribution in [1.82, 2.24) is 14.5 Å². The molecule has 3 rings (SSSR count). The molecule has 9 nitrogen and oxygen atoms in total. The van der Waals surface area contributed by atoms with Crippen LogP contribution in [0, 0.1) is 5.82 Å². The van der Waals surface area contributed by atoms with Crippen LogP contribution in [-0.2, 0) is 19.6 Å². The maximum Gasteiger partial charge on any atom is 0.244 e. The molecule has 3 N–H and O–H groups in total. The van der Waals surface area contributed by atoms with Gasteiger partial charge in [0, 0.05) is 45.7 Å². The molecule has 0 unspecified atom stereocenters. The molecule has 0 radical (unpaired) electrons. The predicted molar refractivity (Wildman–Crippen MR) is 105 cm³/mol. The number of amides is 2. The van der Waals surface area contributed by atoms with Crippen molar-refractivity contribution >= 4 is 27.5 Å². The zero-order valence-corrected chi connectivity index (χ0v) is 17.1. The summed E-state index contributed by atoms with van der Waals surface area (Å²) in [6.45, 7) is 2.37. The summed E-state index contributed by atoms with van der Waals surface area (Å²) in [7, 11) is -2.43. The number of hydrogen-bond donors (Lipinski definition) is 2. The zero-order valence-electron chi connectivity index (χ0n) is 16.3. The van der Waals surface area contributed by atoms with Crippen molar-refractivity contribution in [2.24, 2.45) is 5.73 Å². The lowest BCUT2D eigenvalue weighted by molar-refractivity contribution is -0.134. The van der Waals surface area contributed by atoms with Crippen LogP contribution in [0.3, 0.4) is 0 Å². The van der Waals surface area contributed by atoms with Crippen molar-refractivity contribution in [3.8, 4) is 0 Å². The molecular weight excluding hydrogens is 401 g/mol. The average Bonchev–Trinajstić information content (AvgIpc) is 3.12. The van der Waals surface area contributed by atoms with Crippen LogP contribution in [0.1, 0.15) is 12.8 Å². The van der Waals surface area contributed by atoms with E-state index >= 15 is 4.39 Å². The monoisotopic (exact) mass is 427 g/mol. The summed E-state index contributed by atoms with van der Waals surface area (Å²) in [4.78, 5) is 28.9. The van der Waals surface area contributed by atoms with Gasteiger partial charge < -0.3 is 20.4 Å². The predicted octanol–water partition coefficient (Wildman–Crippen LogP) is -0.668. The first-order valence-corrected chi connectivity index (χ1v) is 11.0. The molecule has 29 heavy (non-hydrogen) atoms. The second-order valence-corrected chi connectivity index (χ2v) is 8.96. The summed E-state index contributed by atoms with van der Waals surface area (Å²) in [6.07, 6.45) is 0.881. The van der Waals surface area contributed by atoms with Gasteiger partial charge in [0.15, 0.2) is 5.82 Å². The third kappa shape index (κ3) is 4.58. The largest absolute Gasteiger partial charge is 0.339 e. The Kier molecular flexibility index (Phi) is 6.52. The quantitative estimate of drug-likeness (QED) is 0.622. The molecule has 1 atom stereocenters. The van der Waals surface area contributed by atoms with E-state index in [-0.39, 0.29) is 18.1 Å². The number of nitrogens with one attached hydrogen (secondary N) is 1. The summed E-state index contributed by atoms with van der Waals surface area (Å²) in [6, 6.07) is 2.65. The number of benzene rings is 1. The summed E-state index contributed by atoms with van der Waals surface area (Å²) in [5.74, 6) is -1.70. The number of nitrogens with zero attached hydrogens (tertiary/aromatic N) is 3. The highest BCUT2D eigenvalue weighted by Gasteiger charge is 2.33. The molecule has 160 valence electrons. The second kappa shape index (κ2) is 8.74. The van der Waals surface area contributed by atoms with Gasteiger partial charge in [-0.25, -0.2) is 12.8 Å². The smallest absolute Gasteiger partial charge is 0.244 e. The normalized spacial score (nSPS) is 19.6. The van der Waals surface area contributed by atoms with Crippen molar-refractivity contribution in [2.45, 2.75) is 23.8 Å². The van der Waals surface area contributed by atoms with Crippen LogP contribution in [0.4, 0.5) is 10.1 Å². The summed E-state index contributed by atoms with van der Waals surface area (Å²) >= 11 is 0. The fourth-order valence-electron chi connectivity index (χ4n) is 3.52. The summed E-state index contributed by atoms with van der Waals surface area (Å²) in [5.41, 5.74) is 5.57. The highest BCUT2D eigenvalue weighted by Crippen LogP contribution is 2.28. The van der Waals surface area contributed by atoms with Gasteiger partial charge in [-0.3, -0.25) is 9.59 Å². The summed E-state index contributed by atoms with van der Waals surface area (Å²) < 4.78 is 42.9. The zero-order chi connectivity index (χ0) is 21.2. The van der Waals surface area contributed by atoms with Crippen molar-refractivity contribution in [3.63, 3.8) is 0 Å². The van der Waals surface area contributed by atoms with Gasteiger partial charge in [0.1, 0.15) is 10.9 Å². The molecule has 2 amide bonds. The standard InChI is InChI=1S/C18H26FN5O4S/c1-22-8-10-23(11-9-22)18(26)13(12-20)21-29(27,28)15-5-2-4-14(17(15)19)24-7-3-6-16(24)25/h2,4-5,13,21H,3,6-12,20H2,1H3/t13-/m0/s1. The van der Waals surface area contributed by atoms with Gasteiger partial charge in [0.2, 0.25) is 21.8 Å². The molecule has 2 fully saturated rings. The van der Waals surface area contributed by atoms with E-state index in [2.05, 4.69) is 9.62 Å². The van der Waals surface area contributed by atoms with Crippen LogP contribution in [0.2, 0.25) is 0 Å². The maximum absolute atomic E-state index is 15.0. The molecule has 0 aliphatic carbocycles. The van der Waals surface area contributed by atoms with Gasteiger partial charge in [0.05, 0.1) is 5.69 Å². The number of halogens is 1. The van der Waals surface area contributed by atoms with E-state index in [0.29, 0.717) is 45.6 Å². The van der Waals surface area contributed by atoms with Crippen molar-refractivity contribution in [1.29, 1.82) is 0 Å². The Balaban J connectivity index is 1.81. The van der Waals surface area contributed by atoms with Crippen molar-refractivity contribution < 1.29 is 22.4 Å². The average molecular weight is 428 g/mol. The fraction of sp³-hybridized carbons (Fsp3) is 0.556. The van der Waals surface area contributed by atoms with E-state index in [0.717, 1.165) is 6.07 Å². The van der Waals surface area contributed by atoms with E-state index in [1.54, 1.807) is 4.90 Å². The SMILES string of the molecule is CN1CCN(C(=O)[C@H](CN)NS(=O)(=O)c2cccc(N3CCCC3=O)c2F)CC1. The molecule has 2 aliphatic rings. The highest BCUT2D eigenvalue weighted by atomic mass is 32.2. The minimum atomic E-state index is -4.37. The molecule has 0 spiro atoms. The van der Waals surface area contributed by atoms with Gasteiger partial charge in [-0.15, -0.1) is 0 Å². The van der Waals surface area contributed by atoms with Crippen LogP contribution in [-0.4, -0.2) is 82.4 Å². The van der Waals surface area contributed by atoms with Gasteiger partial charge in [-0.05, 0) is 25.6 Å². The number of hydrogen-bond acceptors (Lipinski definition) is 6. The lowest BCUT2D eigenvalue weighted by atomic mass is 10.2. The van der Waals surface area contributed by atoms with Gasteiger partial charge in [0.25, 0.3) is 0 Å². The van der Waals surface area contributed by atoms with Crippen molar-refractivity contribution in [2.75, 3.05) is 51.2 Å². The molecule has 11 heteroatoms. The first kappa shape index (κ1) is 21.6. The Morgan fingerprint density at radius 2 is 1.93 bits per heavy atom. The lowest BCUT2D eigenvalue weighted by Crippen LogP contribution is -2.56. The Morgan fingerprint density at radius 1 is 1.24 bits per heavy atom. The summed E-state index contributed by atoms with van der Waals surface area (Å²) in [5, 5.41) is 0. The van der Waals surface area contributed by atoms with Gasteiger partial charge in [-0.1, -0.05) is 6.07 Å². The minimum Gasteiger partial charge on any atom is -0.339 e. The minimum absolute atomic E-state index is 0.0786. The first-order valence-electron chi connectivity index (χ1n) is 9.53. The Morgan fingerprint density at radius 3 is 2.52 bits per heavy atom. The number of likely N-dealkylation sites (N-methyl/N-ethyl adjacent to an activating group) is 1. The van der Waals surface area contributed by atoms with E-state index in [1.165, 1.54) is 17.0 Å². The number of piperazine rings is 1. The first-order chi connectivity index (χ1) is 13.7. The molecule has 1 aromatic carbocycles. The van der Waals surface area contributed by atoms with E-state index in [9.17, 15) is 18.0 Å². The Labute approximate surface area is 169 Å². The van der Waals surface area contributed by atoms with Crippen LogP contribution in [0.5, 0.6) is 0 Å². The van der Waals surface area contributed by atoms with Crippen molar-refractivity contribution in [3.05, 3.63) is 24.0 Å². The van der Waals surface area contributed by atoms with Crippen LogP contribution >= 0.6 is 0 Å². The number of carbonyl (C=O) groups excluding carboxylic acids is 2. The maximum atomic E-state index is 15.0. The number of anilines is 1. The Bertz CT molecular complexity index is 886. The molecule has 0 bridgehead atoms. The second-order valence-electron chi connectivity index (χ2n) is 7.28. The van der Waals surface area contributed by atoms with E-state index < -0.39 is 32.7 Å². The fourth-order valence-corrected chi connectivity index (χ4v) is 4.81. The Hall–Kier alpha value is -2.08. The third-order valence-corrected chi connectivity index (χ3v) is 6.73. The number of sulfonamides is 1.